The molecule has 2 amide bonds. The Balaban J connectivity index is 1.81. The van der Waals surface area contributed by atoms with Crippen molar-refractivity contribution in [3.05, 3.63) is 129 Å². The molecule has 4 rings (SSSR count). The van der Waals surface area contributed by atoms with Crippen LogP contribution in [0.3, 0.4) is 0 Å². The van der Waals surface area contributed by atoms with Crippen LogP contribution in [0.2, 0.25) is 0 Å². The Morgan fingerprint density at radius 2 is 1.45 bits per heavy atom. The molecule has 0 aliphatic heterocycles. The van der Waals surface area contributed by atoms with Gasteiger partial charge in [0.2, 0.25) is 11.8 Å². The summed E-state index contributed by atoms with van der Waals surface area (Å²) in [6.07, 6.45) is 0.267. The number of nitrogens with zero attached hydrogens (tertiary/aromatic N) is 2. The van der Waals surface area contributed by atoms with Gasteiger partial charge in [0, 0.05) is 24.0 Å². The first-order chi connectivity index (χ1) is 21.0. The lowest BCUT2D eigenvalue weighted by Crippen LogP contribution is -2.53. The third-order valence-corrected chi connectivity index (χ3v) is 9.70. The van der Waals surface area contributed by atoms with E-state index in [4.69, 9.17) is 0 Å². The maximum absolute atomic E-state index is 14.5. The molecule has 230 valence electrons. The van der Waals surface area contributed by atoms with E-state index in [0.29, 0.717) is 12.2 Å². The number of aryl methyl sites for hydroxylation is 3. The molecule has 0 aromatic heterocycles. The van der Waals surface area contributed by atoms with Crippen molar-refractivity contribution in [3.63, 3.8) is 0 Å². The Morgan fingerprint density at radius 1 is 0.818 bits per heavy atom. The largest absolute Gasteiger partial charge is 0.355 e. The summed E-state index contributed by atoms with van der Waals surface area (Å²) in [6.45, 7) is 7.50. The minimum atomic E-state index is -4.15. The normalized spacial score (nSPS) is 11.9. The van der Waals surface area contributed by atoms with Crippen LogP contribution in [-0.4, -0.2) is 44.3 Å². The minimum absolute atomic E-state index is 0.0832. The number of rotatable bonds is 12. The van der Waals surface area contributed by atoms with Crippen LogP contribution in [0.15, 0.2) is 106 Å². The predicted octanol–water partition coefficient (Wildman–Crippen LogP) is 6.35. The van der Waals surface area contributed by atoms with Crippen LogP contribution in [0.4, 0.5) is 5.69 Å². The van der Waals surface area contributed by atoms with E-state index in [2.05, 4.69) is 21.2 Å². The third kappa shape index (κ3) is 8.15. The number of carbonyl (C=O) groups excluding carboxylic acids is 2. The molecule has 1 atom stereocenters. The summed E-state index contributed by atoms with van der Waals surface area (Å²) in [7, 11) is -4.15. The molecule has 0 aliphatic carbocycles. The van der Waals surface area contributed by atoms with Crippen LogP contribution in [-0.2, 0) is 32.6 Å². The minimum Gasteiger partial charge on any atom is -0.355 e. The van der Waals surface area contributed by atoms with Crippen molar-refractivity contribution in [3.8, 4) is 0 Å². The molecule has 1 unspecified atom stereocenters. The molecule has 1 N–H and O–H groups in total. The molecule has 0 saturated carbocycles. The van der Waals surface area contributed by atoms with Crippen molar-refractivity contribution < 1.29 is 18.0 Å². The van der Waals surface area contributed by atoms with Crippen molar-refractivity contribution >= 4 is 43.5 Å². The number of benzene rings is 4. The average Bonchev–Trinajstić information content (AvgIpc) is 2.99. The summed E-state index contributed by atoms with van der Waals surface area (Å²) < 4.78 is 30.5. The number of carbonyl (C=O) groups is 2. The van der Waals surface area contributed by atoms with Gasteiger partial charge in [-0.25, -0.2) is 8.42 Å². The number of amides is 2. The maximum atomic E-state index is 14.5. The second-order valence-electron chi connectivity index (χ2n) is 10.9. The van der Waals surface area contributed by atoms with Crippen molar-refractivity contribution in [2.24, 2.45) is 0 Å². The van der Waals surface area contributed by atoms with Gasteiger partial charge in [0.25, 0.3) is 10.0 Å². The zero-order valence-electron chi connectivity index (χ0n) is 25.5. The van der Waals surface area contributed by atoms with Crippen molar-refractivity contribution in [2.45, 2.75) is 51.6 Å². The lowest BCUT2D eigenvalue weighted by molar-refractivity contribution is -0.140. The SMILES string of the molecule is CCNC(=O)C(Cc1ccccc1)N(Cc1ccc(Br)cc1)C(=O)CN(c1ccc(C)cc1C)S(=O)(=O)c1ccc(C)cc1. The number of anilines is 1. The molecule has 0 radical (unpaired) electrons. The molecule has 0 aliphatic rings. The molecule has 44 heavy (non-hydrogen) atoms. The Kier molecular flexibility index (Phi) is 11.0. The Bertz CT molecular complexity index is 1690. The van der Waals surface area contributed by atoms with E-state index < -0.39 is 28.5 Å². The average molecular weight is 677 g/mol. The van der Waals surface area contributed by atoms with Gasteiger partial charge in [-0.05, 0) is 74.7 Å². The van der Waals surface area contributed by atoms with Crippen LogP contribution in [0.1, 0.15) is 34.7 Å². The van der Waals surface area contributed by atoms with Crippen LogP contribution >= 0.6 is 15.9 Å². The zero-order valence-corrected chi connectivity index (χ0v) is 27.9. The summed E-state index contributed by atoms with van der Waals surface area (Å²) in [5.41, 5.74) is 4.72. The summed E-state index contributed by atoms with van der Waals surface area (Å²) in [5.74, 6) is -0.794. The topological polar surface area (TPSA) is 86.8 Å². The lowest BCUT2D eigenvalue weighted by Gasteiger charge is -2.34. The van der Waals surface area contributed by atoms with E-state index in [1.165, 1.54) is 9.21 Å². The molecular formula is C35H38BrN3O4S. The van der Waals surface area contributed by atoms with E-state index in [9.17, 15) is 18.0 Å². The smallest absolute Gasteiger partial charge is 0.264 e. The van der Waals surface area contributed by atoms with Gasteiger partial charge in [0.05, 0.1) is 10.6 Å². The number of hydrogen-bond donors (Lipinski definition) is 1. The van der Waals surface area contributed by atoms with Gasteiger partial charge in [0.1, 0.15) is 12.6 Å². The second-order valence-corrected chi connectivity index (χ2v) is 13.6. The second kappa shape index (κ2) is 14.7. The fourth-order valence-electron chi connectivity index (χ4n) is 5.07. The van der Waals surface area contributed by atoms with Gasteiger partial charge in [-0.3, -0.25) is 13.9 Å². The summed E-state index contributed by atoms with van der Waals surface area (Å²) >= 11 is 3.46. The molecule has 0 saturated heterocycles. The number of hydrogen-bond acceptors (Lipinski definition) is 4. The van der Waals surface area contributed by atoms with Crippen LogP contribution < -0.4 is 9.62 Å². The van der Waals surface area contributed by atoms with Gasteiger partial charge < -0.3 is 10.2 Å². The summed E-state index contributed by atoms with van der Waals surface area (Å²) in [6, 6.07) is 28.2. The van der Waals surface area contributed by atoms with Gasteiger partial charge >= 0.3 is 0 Å². The Labute approximate surface area is 269 Å². The van der Waals surface area contributed by atoms with Crippen molar-refractivity contribution in [1.82, 2.24) is 10.2 Å². The van der Waals surface area contributed by atoms with Gasteiger partial charge in [0.15, 0.2) is 0 Å². The summed E-state index contributed by atoms with van der Waals surface area (Å²) in [4.78, 5) is 29.7. The van der Waals surface area contributed by atoms with Crippen LogP contribution in [0, 0.1) is 20.8 Å². The highest BCUT2D eigenvalue weighted by Crippen LogP contribution is 2.29. The highest BCUT2D eigenvalue weighted by Gasteiger charge is 2.35. The molecule has 4 aromatic carbocycles. The van der Waals surface area contributed by atoms with Gasteiger partial charge in [-0.1, -0.05) is 93.8 Å². The maximum Gasteiger partial charge on any atom is 0.264 e. The lowest BCUT2D eigenvalue weighted by atomic mass is 10.0. The van der Waals surface area contributed by atoms with E-state index in [1.54, 1.807) is 30.3 Å². The Morgan fingerprint density at radius 3 is 2.07 bits per heavy atom. The molecule has 0 spiro atoms. The van der Waals surface area contributed by atoms with E-state index in [0.717, 1.165) is 32.3 Å². The molecule has 7 nitrogen and oxygen atoms in total. The fourth-order valence-corrected chi connectivity index (χ4v) is 6.81. The van der Waals surface area contributed by atoms with Crippen LogP contribution in [0.25, 0.3) is 0 Å². The van der Waals surface area contributed by atoms with Crippen molar-refractivity contribution in [2.75, 3.05) is 17.4 Å². The molecular weight excluding hydrogens is 638 g/mol. The molecule has 9 heteroatoms. The van der Waals surface area contributed by atoms with E-state index in [-0.39, 0.29) is 23.8 Å². The quantitative estimate of drug-likeness (QED) is 0.190. The first-order valence-electron chi connectivity index (χ1n) is 14.5. The zero-order chi connectivity index (χ0) is 31.9. The Hall–Kier alpha value is -3.95. The fraction of sp³-hybridized carbons (Fsp3) is 0.257. The van der Waals surface area contributed by atoms with E-state index >= 15 is 0 Å². The van der Waals surface area contributed by atoms with Crippen molar-refractivity contribution in [1.29, 1.82) is 0 Å². The predicted molar refractivity (Wildman–Crippen MR) is 179 cm³/mol. The monoisotopic (exact) mass is 675 g/mol. The van der Waals surface area contributed by atoms with Gasteiger partial charge in [-0.2, -0.15) is 0 Å². The first kappa shape index (κ1) is 33.0. The standard InChI is InChI=1S/C35H38BrN3O4S/c1-5-37-35(41)33(22-28-9-7-6-8-10-28)38(23-29-14-16-30(36)17-15-29)34(40)24-39(32-20-13-26(3)21-27(32)4)44(42,43)31-18-11-25(2)12-19-31/h6-21,33H,5,22-24H2,1-4H3,(H,37,41). The molecule has 0 fully saturated rings. The highest BCUT2D eigenvalue weighted by molar-refractivity contribution is 9.10. The highest BCUT2D eigenvalue weighted by atomic mass is 79.9. The van der Waals surface area contributed by atoms with Crippen LogP contribution in [0.5, 0.6) is 0 Å². The van der Waals surface area contributed by atoms with Gasteiger partial charge in [-0.15, -0.1) is 0 Å². The first-order valence-corrected chi connectivity index (χ1v) is 16.7. The summed E-state index contributed by atoms with van der Waals surface area (Å²) in [5, 5.41) is 2.89. The number of sulfonamides is 1. The third-order valence-electron chi connectivity index (χ3n) is 7.40. The molecule has 0 heterocycles. The molecule has 0 bridgehead atoms. The molecule has 4 aromatic rings. The van der Waals surface area contributed by atoms with E-state index in [1.807, 2.05) is 94.4 Å². The number of nitrogens with one attached hydrogen (secondary N) is 1. The number of halogens is 1. The number of likely N-dealkylation sites (N-methyl/N-ethyl adjacent to an activating group) is 1.